The lowest BCUT2D eigenvalue weighted by Gasteiger charge is -2.04. The van der Waals surface area contributed by atoms with Crippen molar-refractivity contribution in [1.82, 2.24) is 15.2 Å². The molecule has 0 fully saturated rings. The molecule has 0 saturated heterocycles. The van der Waals surface area contributed by atoms with Gasteiger partial charge in [0, 0.05) is 29.0 Å². The van der Waals surface area contributed by atoms with E-state index in [1.165, 1.54) is 0 Å². The molecule has 0 aliphatic heterocycles. The van der Waals surface area contributed by atoms with Gasteiger partial charge >= 0.3 is 0 Å². The summed E-state index contributed by atoms with van der Waals surface area (Å²) in [4.78, 5) is 16.3. The molecular weight excluding hydrogens is 380 g/mol. The first-order valence-corrected chi connectivity index (χ1v) is 8.79. The Hall–Kier alpha value is -3.58. The van der Waals surface area contributed by atoms with Crippen LogP contribution in [-0.4, -0.2) is 21.1 Å². The molecule has 8 heteroatoms. The number of carbonyl (C=O) groups excluding carboxylic acids is 1. The van der Waals surface area contributed by atoms with Gasteiger partial charge in [0.2, 0.25) is 0 Å². The number of carbonyl (C=O) groups is 1. The van der Waals surface area contributed by atoms with Crippen molar-refractivity contribution in [2.24, 2.45) is 0 Å². The minimum Gasteiger partial charge on any atom is -0.486 e. The van der Waals surface area contributed by atoms with Crippen LogP contribution in [0.15, 0.2) is 71.4 Å². The van der Waals surface area contributed by atoms with Crippen molar-refractivity contribution >= 4 is 23.3 Å². The van der Waals surface area contributed by atoms with Crippen molar-refractivity contribution in [3.63, 3.8) is 0 Å². The number of nitrogens with one attached hydrogen (secondary N) is 2. The largest absolute Gasteiger partial charge is 0.486 e. The smallest absolute Gasteiger partial charge is 0.292 e. The van der Waals surface area contributed by atoms with E-state index in [2.05, 4.69) is 20.5 Å². The average Bonchev–Trinajstić information content (AvgIpc) is 3.38. The fourth-order valence-electron chi connectivity index (χ4n) is 2.51. The monoisotopic (exact) mass is 394 g/mol. The number of aromatic amines is 1. The van der Waals surface area contributed by atoms with Gasteiger partial charge in [-0.25, -0.2) is 0 Å². The van der Waals surface area contributed by atoms with Gasteiger partial charge in [-0.15, -0.1) is 0 Å². The maximum Gasteiger partial charge on any atom is 0.292 e. The van der Waals surface area contributed by atoms with Crippen molar-refractivity contribution in [3.8, 4) is 17.0 Å². The lowest BCUT2D eigenvalue weighted by molar-refractivity contribution is 0.0992. The molecule has 0 spiro atoms. The number of anilines is 1. The third-order valence-electron chi connectivity index (χ3n) is 3.89. The lowest BCUT2D eigenvalue weighted by atomic mass is 10.2. The zero-order valence-electron chi connectivity index (χ0n) is 14.6. The number of rotatable bonds is 6. The zero-order valence-corrected chi connectivity index (χ0v) is 15.3. The van der Waals surface area contributed by atoms with Gasteiger partial charge in [0.25, 0.3) is 5.91 Å². The van der Waals surface area contributed by atoms with E-state index in [0.717, 1.165) is 11.3 Å². The van der Waals surface area contributed by atoms with Gasteiger partial charge in [0.1, 0.15) is 18.1 Å². The summed E-state index contributed by atoms with van der Waals surface area (Å²) in [5, 5.41) is 10.3. The molecule has 0 bridgehead atoms. The fourth-order valence-corrected chi connectivity index (χ4v) is 2.63. The lowest BCUT2D eigenvalue weighted by Crippen LogP contribution is -2.11. The van der Waals surface area contributed by atoms with E-state index in [0.29, 0.717) is 22.4 Å². The molecule has 2 N–H and O–H groups in total. The van der Waals surface area contributed by atoms with Crippen LogP contribution in [0.1, 0.15) is 16.3 Å². The highest BCUT2D eigenvalue weighted by atomic mass is 35.5. The number of H-pyrrole nitrogens is 1. The number of amides is 1. The summed E-state index contributed by atoms with van der Waals surface area (Å²) in [5.41, 5.74) is 1.69. The maximum atomic E-state index is 12.4. The molecule has 1 aromatic carbocycles. The molecule has 0 aliphatic carbocycles. The first-order valence-electron chi connectivity index (χ1n) is 8.41. The highest BCUT2D eigenvalue weighted by Gasteiger charge is 2.14. The van der Waals surface area contributed by atoms with Gasteiger partial charge < -0.3 is 14.5 Å². The molecule has 0 radical (unpaired) electrons. The number of furan rings is 1. The normalized spacial score (nSPS) is 10.6. The first kappa shape index (κ1) is 17.8. The molecule has 1 amide bonds. The number of aromatic nitrogens is 3. The molecule has 0 aliphatic rings. The minimum absolute atomic E-state index is 0.170. The predicted molar refractivity (Wildman–Crippen MR) is 104 cm³/mol. The second-order valence-corrected chi connectivity index (χ2v) is 6.30. The van der Waals surface area contributed by atoms with Crippen molar-refractivity contribution < 1.29 is 13.9 Å². The van der Waals surface area contributed by atoms with Crippen LogP contribution in [0.5, 0.6) is 5.75 Å². The van der Waals surface area contributed by atoms with E-state index in [4.69, 9.17) is 20.8 Å². The first-order chi connectivity index (χ1) is 13.7. The molecule has 7 nitrogen and oxygen atoms in total. The molecule has 4 rings (SSSR count). The molecule has 4 aromatic rings. The average molecular weight is 395 g/mol. The number of halogens is 1. The minimum atomic E-state index is -0.398. The Bertz CT molecular complexity index is 1070. The Morgan fingerprint density at radius 2 is 1.89 bits per heavy atom. The molecule has 28 heavy (non-hydrogen) atoms. The predicted octanol–water partition coefficient (Wildman–Crippen LogP) is 4.55. The van der Waals surface area contributed by atoms with Gasteiger partial charge in [-0.05, 0) is 48.5 Å². The third-order valence-corrected chi connectivity index (χ3v) is 4.14. The molecule has 0 atom stereocenters. The van der Waals surface area contributed by atoms with Crippen LogP contribution in [0, 0.1) is 0 Å². The zero-order chi connectivity index (χ0) is 19.3. The molecule has 3 aromatic heterocycles. The highest BCUT2D eigenvalue weighted by molar-refractivity contribution is 6.30. The number of nitrogens with zero attached hydrogens (tertiary/aromatic N) is 2. The summed E-state index contributed by atoms with van der Waals surface area (Å²) in [6.45, 7) is 0.198. The quantitative estimate of drug-likeness (QED) is 0.500. The second kappa shape index (κ2) is 7.98. The van der Waals surface area contributed by atoms with Crippen molar-refractivity contribution in [3.05, 3.63) is 83.5 Å². The highest BCUT2D eigenvalue weighted by Crippen LogP contribution is 2.20. The summed E-state index contributed by atoms with van der Waals surface area (Å²) in [7, 11) is 0. The number of benzene rings is 1. The summed E-state index contributed by atoms with van der Waals surface area (Å²) in [5.74, 6) is 1.35. The van der Waals surface area contributed by atoms with Gasteiger partial charge in [-0.3, -0.25) is 14.9 Å². The van der Waals surface area contributed by atoms with Crippen LogP contribution < -0.4 is 10.1 Å². The molecule has 0 saturated carbocycles. The Kier molecular flexibility index (Phi) is 5.07. The van der Waals surface area contributed by atoms with E-state index in [-0.39, 0.29) is 12.4 Å². The van der Waals surface area contributed by atoms with Crippen molar-refractivity contribution in [2.45, 2.75) is 6.61 Å². The van der Waals surface area contributed by atoms with Crippen LogP contribution in [0.25, 0.3) is 11.3 Å². The molecule has 3 heterocycles. The third kappa shape index (κ3) is 4.21. The van der Waals surface area contributed by atoms with Gasteiger partial charge in [-0.2, -0.15) is 5.10 Å². The Morgan fingerprint density at radius 3 is 2.68 bits per heavy atom. The Balaban J connectivity index is 1.37. The fraction of sp³-hybridized carbons (Fsp3) is 0.0500. The van der Waals surface area contributed by atoms with E-state index >= 15 is 0 Å². The molecular formula is C20H15ClN4O3. The van der Waals surface area contributed by atoms with Crippen LogP contribution in [0.3, 0.4) is 0 Å². The number of ether oxygens (including phenoxy) is 1. The second-order valence-electron chi connectivity index (χ2n) is 5.87. The van der Waals surface area contributed by atoms with Crippen molar-refractivity contribution in [1.29, 1.82) is 0 Å². The van der Waals surface area contributed by atoms with E-state index in [1.54, 1.807) is 54.9 Å². The van der Waals surface area contributed by atoms with E-state index in [1.807, 2.05) is 12.1 Å². The summed E-state index contributed by atoms with van der Waals surface area (Å²) in [6.07, 6.45) is 3.37. The SMILES string of the molecule is O=C(Nc1cc(-c2ccncc2)[nH]n1)c1ccc(COc2ccc(Cl)cc2)o1. The van der Waals surface area contributed by atoms with Crippen LogP contribution in [-0.2, 0) is 6.61 Å². The van der Waals surface area contributed by atoms with E-state index < -0.39 is 5.91 Å². The van der Waals surface area contributed by atoms with Crippen LogP contribution in [0.2, 0.25) is 5.02 Å². The number of pyridine rings is 1. The van der Waals surface area contributed by atoms with E-state index in [9.17, 15) is 4.79 Å². The summed E-state index contributed by atoms with van der Waals surface area (Å²) in [6, 6.07) is 15.7. The Labute approximate surface area is 165 Å². The summed E-state index contributed by atoms with van der Waals surface area (Å²) >= 11 is 5.84. The topological polar surface area (TPSA) is 93.0 Å². The van der Waals surface area contributed by atoms with Crippen LogP contribution >= 0.6 is 11.6 Å². The summed E-state index contributed by atoms with van der Waals surface area (Å²) < 4.78 is 11.1. The molecule has 140 valence electrons. The Morgan fingerprint density at radius 1 is 1.11 bits per heavy atom. The van der Waals surface area contributed by atoms with Gasteiger partial charge in [0.05, 0.1) is 5.69 Å². The van der Waals surface area contributed by atoms with Crippen molar-refractivity contribution in [2.75, 3.05) is 5.32 Å². The van der Waals surface area contributed by atoms with Crippen LogP contribution in [0.4, 0.5) is 5.82 Å². The van der Waals surface area contributed by atoms with Gasteiger partial charge in [0.15, 0.2) is 11.6 Å². The number of hydrogen-bond donors (Lipinski definition) is 2. The van der Waals surface area contributed by atoms with Gasteiger partial charge in [-0.1, -0.05) is 11.6 Å². The standard InChI is InChI=1S/C20H15ClN4O3/c21-14-1-3-15(4-2-14)27-12-16-5-6-18(28-16)20(26)23-19-11-17(24-25-19)13-7-9-22-10-8-13/h1-11H,12H2,(H2,23,24,25,26). The molecule has 0 unspecified atom stereocenters. The number of hydrogen-bond acceptors (Lipinski definition) is 5. The maximum absolute atomic E-state index is 12.4.